The van der Waals surface area contributed by atoms with Crippen molar-refractivity contribution in [1.29, 1.82) is 0 Å². The molecule has 0 atom stereocenters. The highest BCUT2D eigenvalue weighted by atomic mass is 32.2. The van der Waals surface area contributed by atoms with E-state index < -0.39 is 8.34 Å². The van der Waals surface area contributed by atoms with E-state index in [1.165, 1.54) is 0 Å². The summed E-state index contributed by atoms with van der Waals surface area (Å²) in [4.78, 5) is 0. The van der Waals surface area contributed by atoms with Gasteiger partial charge in [0.05, 0.1) is 0 Å². The van der Waals surface area contributed by atoms with Crippen LogP contribution in [-0.4, -0.2) is 13.5 Å². The van der Waals surface area contributed by atoms with Crippen LogP contribution in [0.3, 0.4) is 0 Å². The predicted molar refractivity (Wildman–Crippen MR) is 58.5 cm³/mol. The fraction of sp³-hybridized carbons (Fsp3) is 1.00. The molecule has 0 fully saturated rings. The molecule has 0 aliphatic carbocycles. The first kappa shape index (κ1) is 11.4. The molecule has 0 unspecified atom stereocenters. The van der Waals surface area contributed by atoms with Gasteiger partial charge < -0.3 is 5.11 Å². The summed E-state index contributed by atoms with van der Waals surface area (Å²) in [6.45, 7) is 1.98. The summed E-state index contributed by atoms with van der Waals surface area (Å²) in [5.41, 5.74) is 0. The van der Waals surface area contributed by atoms with Gasteiger partial charge in [0.25, 0.3) is 0 Å². The Bertz CT molecular complexity index is 107. The summed E-state index contributed by atoms with van der Waals surface area (Å²) in [5, 5.41) is 9.25. The Morgan fingerprint density at radius 3 is 1.70 bits per heavy atom. The molecular weight excluding hydrogens is 204 g/mol. The molecule has 0 saturated heterocycles. The van der Waals surface area contributed by atoms with Gasteiger partial charge in [-0.2, -0.15) is 25.3 Å². The van der Waals surface area contributed by atoms with Crippen LogP contribution in [0.2, 0.25) is 0 Å². The molecule has 0 aromatic heterocycles. The molecule has 0 amide bonds. The number of thiol groups is 4. The van der Waals surface area contributed by atoms with Crippen LogP contribution in [-0.2, 0) is 0 Å². The lowest BCUT2D eigenvalue weighted by Gasteiger charge is -2.32. The zero-order chi connectivity index (χ0) is 8.41. The summed E-state index contributed by atoms with van der Waals surface area (Å²) in [5.74, 6) is 0. The zero-order valence-corrected chi connectivity index (χ0v) is 9.23. The second-order valence-electron chi connectivity index (χ2n) is 2.20. The van der Waals surface area contributed by atoms with Crippen LogP contribution in [0.15, 0.2) is 0 Å². The Labute approximate surface area is 83.6 Å². The number of hydrogen-bond donors (Lipinski definition) is 5. The first-order valence-electron chi connectivity index (χ1n) is 2.93. The van der Waals surface area contributed by atoms with E-state index in [1.807, 2.05) is 6.92 Å². The Morgan fingerprint density at radius 1 is 1.20 bits per heavy atom. The van der Waals surface area contributed by atoms with Crippen molar-refractivity contribution in [3.05, 3.63) is 0 Å². The lowest BCUT2D eigenvalue weighted by atomic mass is 10.2. The third-order valence-electron chi connectivity index (χ3n) is 1.14. The van der Waals surface area contributed by atoms with Gasteiger partial charge in [0.2, 0.25) is 0 Å². The first-order valence-corrected chi connectivity index (χ1v) is 4.72. The van der Waals surface area contributed by atoms with Crippen LogP contribution in [0.25, 0.3) is 0 Å². The maximum absolute atomic E-state index is 9.25. The predicted octanol–water partition coefficient (Wildman–Crippen LogP) is 1.85. The average Bonchev–Trinajstić information content (AvgIpc) is 1.61. The second kappa shape index (κ2) is 3.85. The van der Waals surface area contributed by atoms with Gasteiger partial charge in [-0.3, -0.25) is 0 Å². The lowest BCUT2D eigenvalue weighted by molar-refractivity contribution is 0.217. The Kier molecular flexibility index (Phi) is 4.37. The van der Waals surface area contributed by atoms with Gasteiger partial charge in [0, 0.05) is 0 Å². The molecule has 0 aliphatic rings. The van der Waals surface area contributed by atoms with E-state index in [0.29, 0.717) is 6.42 Å². The Balaban J connectivity index is 4.10. The van der Waals surface area contributed by atoms with Crippen molar-refractivity contribution in [2.75, 3.05) is 0 Å². The van der Waals surface area contributed by atoms with Crippen molar-refractivity contribution in [2.45, 2.75) is 28.1 Å². The van der Waals surface area contributed by atoms with Crippen LogP contribution >= 0.6 is 50.5 Å². The molecule has 0 heterocycles. The summed E-state index contributed by atoms with van der Waals surface area (Å²) < 4.78 is -2.27. The first-order chi connectivity index (χ1) is 4.31. The molecule has 5 heteroatoms. The fourth-order valence-corrected chi connectivity index (χ4v) is 1.19. The maximum atomic E-state index is 9.25. The van der Waals surface area contributed by atoms with Crippen LogP contribution in [0.1, 0.15) is 19.8 Å². The molecule has 1 N–H and O–H groups in total. The van der Waals surface area contributed by atoms with Crippen LogP contribution in [0, 0.1) is 0 Å². The van der Waals surface area contributed by atoms with Crippen LogP contribution < -0.4 is 0 Å². The minimum Gasteiger partial charge on any atom is -0.369 e. The molecule has 0 aromatic carbocycles. The van der Waals surface area contributed by atoms with Crippen molar-refractivity contribution in [3.63, 3.8) is 0 Å². The van der Waals surface area contributed by atoms with Gasteiger partial charge in [0.15, 0.2) is 4.27 Å². The van der Waals surface area contributed by atoms with Crippen molar-refractivity contribution < 1.29 is 5.11 Å². The highest BCUT2D eigenvalue weighted by molar-refractivity contribution is 8.07. The minimum atomic E-state index is -1.44. The van der Waals surface area contributed by atoms with Crippen molar-refractivity contribution in [1.82, 2.24) is 0 Å². The number of hydrogen-bond acceptors (Lipinski definition) is 5. The van der Waals surface area contributed by atoms with E-state index in [1.54, 1.807) is 0 Å². The zero-order valence-electron chi connectivity index (χ0n) is 5.65. The second-order valence-corrected chi connectivity index (χ2v) is 5.73. The largest absolute Gasteiger partial charge is 0.369 e. The monoisotopic (exact) mass is 216 g/mol. The van der Waals surface area contributed by atoms with E-state index in [0.717, 1.165) is 6.42 Å². The maximum Gasteiger partial charge on any atom is 0.175 e. The normalized spacial score (nSPS) is 13.8. The summed E-state index contributed by atoms with van der Waals surface area (Å²) >= 11 is 15.9. The molecule has 0 radical (unpaired) electrons. The van der Waals surface area contributed by atoms with Crippen molar-refractivity contribution >= 4 is 50.5 Å². The molecule has 0 spiro atoms. The fourth-order valence-electron chi connectivity index (χ4n) is 0.516. The molecule has 10 heavy (non-hydrogen) atoms. The lowest BCUT2D eigenvalue weighted by Crippen LogP contribution is -2.36. The van der Waals surface area contributed by atoms with Gasteiger partial charge >= 0.3 is 0 Å². The van der Waals surface area contributed by atoms with E-state index >= 15 is 0 Å². The van der Waals surface area contributed by atoms with Gasteiger partial charge in [-0.1, -0.05) is 13.3 Å². The number of aliphatic hydroxyl groups is 1. The summed E-state index contributed by atoms with van der Waals surface area (Å²) in [7, 11) is 0. The third-order valence-corrected chi connectivity index (χ3v) is 3.70. The van der Waals surface area contributed by atoms with Crippen molar-refractivity contribution in [3.8, 4) is 0 Å². The molecule has 0 bridgehead atoms. The molecule has 0 rings (SSSR count). The van der Waals surface area contributed by atoms with Crippen LogP contribution in [0.5, 0.6) is 0 Å². The highest BCUT2D eigenvalue weighted by Gasteiger charge is 2.38. The molecular formula is C5H12OS4. The standard InChI is InChI=1S/C5H12OS4/c1-2-3-4(7,8)5(6,9)10/h6-10H,2-3H2,1H3. The Hall–Kier alpha value is 1.36. The molecule has 62 valence electrons. The summed E-state index contributed by atoms with van der Waals surface area (Å²) in [6, 6.07) is 0. The van der Waals surface area contributed by atoms with E-state index in [4.69, 9.17) is 0 Å². The topological polar surface area (TPSA) is 20.2 Å². The Morgan fingerprint density at radius 2 is 1.60 bits per heavy atom. The molecule has 0 saturated carbocycles. The number of rotatable bonds is 3. The molecule has 1 nitrogen and oxygen atoms in total. The average molecular weight is 216 g/mol. The SMILES string of the molecule is CCCC(S)(S)C(O)(S)S. The summed E-state index contributed by atoms with van der Waals surface area (Å²) in [6.07, 6.45) is 1.54. The van der Waals surface area contributed by atoms with E-state index in [-0.39, 0.29) is 0 Å². The van der Waals surface area contributed by atoms with E-state index in [2.05, 4.69) is 50.5 Å². The third kappa shape index (κ3) is 3.17. The molecule has 0 aromatic rings. The van der Waals surface area contributed by atoms with Crippen molar-refractivity contribution in [2.24, 2.45) is 0 Å². The minimum absolute atomic E-state index is 0.655. The highest BCUT2D eigenvalue weighted by Crippen LogP contribution is 2.42. The van der Waals surface area contributed by atoms with Gasteiger partial charge in [-0.05, 0) is 6.42 Å². The smallest absolute Gasteiger partial charge is 0.175 e. The van der Waals surface area contributed by atoms with E-state index in [9.17, 15) is 5.11 Å². The van der Waals surface area contributed by atoms with Gasteiger partial charge in [0.1, 0.15) is 4.08 Å². The van der Waals surface area contributed by atoms with Gasteiger partial charge in [-0.25, -0.2) is 0 Å². The molecule has 0 aliphatic heterocycles. The quantitative estimate of drug-likeness (QED) is 0.360. The van der Waals surface area contributed by atoms with Crippen LogP contribution in [0.4, 0.5) is 0 Å². The van der Waals surface area contributed by atoms with Gasteiger partial charge in [-0.15, -0.1) is 25.3 Å².